The van der Waals surface area contributed by atoms with Crippen molar-refractivity contribution in [3.8, 4) is 0 Å². The summed E-state index contributed by atoms with van der Waals surface area (Å²) in [5.74, 6) is -3.15. The van der Waals surface area contributed by atoms with Crippen LogP contribution in [0.25, 0.3) is 0 Å². The van der Waals surface area contributed by atoms with Crippen LogP contribution in [0.15, 0.2) is 24.3 Å². The number of carbonyl (C=O) groups is 2. The molecule has 114 valence electrons. The van der Waals surface area contributed by atoms with Gasteiger partial charge >= 0.3 is 11.9 Å². The van der Waals surface area contributed by atoms with E-state index >= 15 is 0 Å². The minimum absolute atomic E-state index is 0.512. The predicted octanol–water partition coefficient (Wildman–Crippen LogP) is 3.12. The van der Waals surface area contributed by atoms with Crippen molar-refractivity contribution in [2.45, 2.75) is 52.2 Å². The standard InChI is InChI=1S/C17H22O4/c1-6-17(5,12-9-7-8-11(2)10-12)13-14(18)20-16(3,4)21-15(13)19/h7-10,13H,6H2,1-5H3/t17-/m0/s1. The molecule has 1 fully saturated rings. The molecular formula is C17H22O4. The van der Waals surface area contributed by atoms with Crippen LogP contribution >= 0.6 is 0 Å². The maximum Gasteiger partial charge on any atom is 0.324 e. The van der Waals surface area contributed by atoms with Crippen molar-refractivity contribution in [3.05, 3.63) is 35.4 Å². The van der Waals surface area contributed by atoms with Gasteiger partial charge in [-0.2, -0.15) is 0 Å². The van der Waals surface area contributed by atoms with Crippen LogP contribution in [0.4, 0.5) is 0 Å². The van der Waals surface area contributed by atoms with Crippen LogP contribution in [0.3, 0.4) is 0 Å². The number of hydrogen-bond acceptors (Lipinski definition) is 4. The van der Waals surface area contributed by atoms with Crippen LogP contribution < -0.4 is 0 Å². The lowest BCUT2D eigenvalue weighted by molar-refractivity contribution is -0.243. The number of benzene rings is 1. The van der Waals surface area contributed by atoms with Crippen molar-refractivity contribution in [3.63, 3.8) is 0 Å². The van der Waals surface area contributed by atoms with Gasteiger partial charge in [0.1, 0.15) is 0 Å². The third kappa shape index (κ3) is 2.80. The highest BCUT2D eigenvalue weighted by molar-refractivity contribution is 5.98. The van der Waals surface area contributed by atoms with Crippen molar-refractivity contribution < 1.29 is 19.1 Å². The summed E-state index contributed by atoms with van der Waals surface area (Å²) in [7, 11) is 0. The highest BCUT2D eigenvalue weighted by Gasteiger charge is 2.52. The molecule has 0 radical (unpaired) electrons. The molecule has 0 spiro atoms. The van der Waals surface area contributed by atoms with E-state index in [2.05, 4.69) is 0 Å². The van der Waals surface area contributed by atoms with Gasteiger partial charge in [-0.15, -0.1) is 0 Å². The van der Waals surface area contributed by atoms with Crippen LogP contribution in [0.1, 0.15) is 45.2 Å². The second kappa shape index (κ2) is 5.17. The van der Waals surface area contributed by atoms with Gasteiger partial charge in [-0.1, -0.05) is 43.7 Å². The molecular weight excluding hydrogens is 268 g/mol. The lowest BCUT2D eigenvalue weighted by Crippen LogP contribution is -2.53. The van der Waals surface area contributed by atoms with Gasteiger partial charge < -0.3 is 9.47 Å². The number of carbonyl (C=O) groups excluding carboxylic acids is 2. The molecule has 0 unspecified atom stereocenters. The van der Waals surface area contributed by atoms with E-state index in [1.54, 1.807) is 13.8 Å². The summed E-state index contributed by atoms with van der Waals surface area (Å²) in [6.45, 7) is 8.99. The topological polar surface area (TPSA) is 52.6 Å². The van der Waals surface area contributed by atoms with Crippen LogP contribution in [0, 0.1) is 12.8 Å². The molecule has 0 saturated carbocycles. The van der Waals surface area contributed by atoms with Crippen LogP contribution in [-0.2, 0) is 24.5 Å². The smallest absolute Gasteiger partial charge is 0.324 e. The van der Waals surface area contributed by atoms with Crippen molar-refractivity contribution >= 4 is 11.9 Å². The lowest BCUT2D eigenvalue weighted by atomic mass is 9.69. The molecule has 1 aliphatic heterocycles. The molecule has 4 heteroatoms. The van der Waals surface area contributed by atoms with E-state index < -0.39 is 29.1 Å². The van der Waals surface area contributed by atoms with E-state index in [1.807, 2.05) is 45.0 Å². The normalized spacial score (nSPS) is 21.4. The Morgan fingerprint density at radius 3 is 2.24 bits per heavy atom. The number of ether oxygens (including phenoxy) is 2. The van der Waals surface area contributed by atoms with Crippen molar-refractivity contribution in [2.75, 3.05) is 0 Å². The van der Waals surface area contributed by atoms with Crippen LogP contribution in [-0.4, -0.2) is 17.7 Å². The fourth-order valence-corrected chi connectivity index (χ4v) is 2.81. The summed E-state index contributed by atoms with van der Waals surface area (Å²) >= 11 is 0. The average Bonchev–Trinajstić information content (AvgIpc) is 2.36. The second-order valence-corrected chi connectivity index (χ2v) is 6.32. The van der Waals surface area contributed by atoms with E-state index in [0.29, 0.717) is 6.42 Å². The third-order valence-corrected chi connectivity index (χ3v) is 4.21. The zero-order valence-electron chi connectivity index (χ0n) is 13.2. The number of cyclic esters (lactones) is 2. The average molecular weight is 290 g/mol. The highest BCUT2D eigenvalue weighted by Crippen LogP contribution is 2.40. The predicted molar refractivity (Wildman–Crippen MR) is 78.6 cm³/mol. The first-order valence-corrected chi connectivity index (χ1v) is 7.22. The molecule has 1 saturated heterocycles. The molecule has 1 aromatic rings. The Balaban J connectivity index is 2.45. The first-order chi connectivity index (χ1) is 9.69. The van der Waals surface area contributed by atoms with Crippen molar-refractivity contribution in [2.24, 2.45) is 5.92 Å². The Bertz CT molecular complexity index is 556. The molecule has 0 N–H and O–H groups in total. The first kappa shape index (κ1) is 15.5. The van der Waals surface area contributed by atoms with Gasteiger partial charge in [0.15, 0.2) is 5.92 Å². The molecule has 1 atom stereocenters. The van der Waals surface area contributed by atoms with E-state index in [-0.39, 0.29) is 0 Å². The minimum Gasteiger partial charge on any atom is -0.422 e. The van der Waals surface area contributed by atoms with Crippen LogP contribution in [0.2, 0.25) is 0 Å². The molecule has 21 heavy (non-hydrogen) atoms. The maximum atomic E-state index is 12.4. The number of rotatable bonds is 3. The van der Waals surface area contributed by atoms with Crippen LogP contribution in [0.5, 0.6) is 0 Å². The zero-order valence-corrected chi connectivity index (χ0v) is 13.2. The van der Waals surface area contributed by atoms with Gasteiger partial charge in [-0.25, -0.2) is 0 Å². The molecule has 2 rings (SSSR count). The maximum absolute atomic E-state index is 12.4. The Morgan fingerprint density at radius 1 is 1.19 bits per heavy atom. The second-order valence-electron chi connectivity index (χ2n) is 6.32. The SMILES string of the molecule is CC[C@@](C)(c1cccc(C)c1)C1C(=O)OC(C)(C)OC1=O. The molecule has 1 heterocycles. The molecule has 0 aliphatic carbocycles. The van der Waals surface area contributed by atoms with E-state index in [4.69, 9.17) is 9.47 Å². The largest absolute Gasteiger partial charge is 0.422 e. The van der Waals surface area contributed by atoms with Crippen molar-refractivity contribution in [1.29, 1.82) is 0 Å². The van der Waals surface area contributed by atoms with Gasteiger partial charge in [0.05, 0.1) is 0 Å². The summed E-state index contributed by atoms with van der Waals surface area (Å²) < 4.78 is 10.5. The van der Waals surface area contributed by atoms with Gasteiger partial charge in [-0.05, 0) is 18.9 Å². The van der Waals surface area contributed by atoms with E-state index in [1.165, 1.54) is 0 Å². The van der Waals surface area contributed by atoms with E-state index in [0.717, 1.165) is 11.1 Å². The van der Waals surface area contributed by atoms with Gasteiger partial charge in [0.25, 0.3) is 5.79 Å². The molecule has 1 aromatic carbocycles. The van der Waals surface area contributed by atoms with Gasteiger partial charge in [0, 0.05) is 19.3 Å². The van der Waals surface area contributed by atoms with Gasteiger partial charge in [0.2, 0.25) is 0 Å². The van der Waals surface area contributed by atoms with Crippen molar-refractivity contribution in [1.82, 2.24) is 0 Å². The summed E-state index contributed by atoms with van der Waals surface area (Å²) in [5, 5.41) is 0. The third-order valence-electron chi connectivity index (χ3n) is 4.21. The molecule has 4 nitrogen and oxygen atoms in total. The quantitative estimate of drug-likeness (QED) is 0.634. The number of hydrogen-bond donors (Lipinski definition) is 0. The summed E-state index contributed by atoms with van der Waals surface area (Å²) in [6.07, 6.45) is 0.631. The Morgan fingerprint density at radius 2 is 1.76 bits per heavy atom. The minimum atomic E-state index is -1.19. The molecule has 0 aromatic heterocycles. The fraction of sp³-hybridized carbons (Fsp3) is 0.529. The number of esters is 2. The summed E-state index contributed by atoms with van der Waals surface area (Å²) in [5.41, 5.74) is 1.39. The molecule has 1 aliphatic rings. The summed E-state index contributed by atoms with van der Waals surface area (Å²) in [4.78, 5) is 24.7. The molecule has 0 amide bonds. The molecule has 0 bridgehead atoms. The Hall–Kier alpha value is -1.84. The Kier molecular flexibility index (Phi) is 3.83. The zero-order chi connectivity index (χ0) is 15.8. The lowest BCUT2D eigenvalue weighted by Gasteiger charge is -2.41. The van der Waals surface area contributed by atoms with E-state index in [9.17, 15) is 9.59 Å². The monoisotopic (exact) mass is 290 g/mol. The first-order valence-electron chi connectivity index (χ1n) is 7.22. The highest BCUT2D eigenvalue weighted by atomic mass is 16.7. The fourth-order valence-electron chi connectivity index (χ4n) is 2.81. The van der Waals surface area contributed by atoms with Gasteiger partial charge in [-0.3, -0.25) is 9.59 Å². The number of aryl methyl sites for hydroxylation is 1. The summed E-state index contributed by atoms with van der Waals surface area (Å²) in [6, 6.07) is 7.86. The Labute approximate surface area is 125 Å².